The van der Waals surface area contributed by atoms with Crippen molar-refractivity contribution in [2.45, 2.75) is 49.6 Å². The number of piperidine rings is 1. The third-order valence-electron chi connectivity index (χ3n) is 4.10. The highest BCUT2D eigenvalue weighted by Crippen LogP contribution is 2.28. The molecule has 0 aromatic heterocycles. The number of hydrogen-bond acceptors (Lipinski definition) is 3. The van der Waals surface area contributed by atoms with E-state index in [9.17, 15) is 8.42 Å². The van der Waals surface area contributed by atoms with Gasteiger partial charge in [-0.25, -0.2) is 8.42 Å². The zero-order valence-electron chi connectivity index (χ0n) is 12.0. The van der Waals surface area contributed by atoms with Crippen LogP contribution in [-0.2, 0) is 16.6 Å². The standard InChI is InChI=1S/C15H21BrN2O2S/c16-14-10-12(11-17-13-5-6-13)4-7-15(14)21(19,20)18-8-2-1-3-9-18/h4,7,10,13,17H,1-3,5-6,8-9,11H2. The van der Waals surface area contributed by atoms with Gasteiger partial charge in [0.25, 0.3) is 0 Å². The largest absolute Gasteiger partial charge is 0.310 e. The number of halogens is 1. The van der Waals surface area contributed by atoms with E-state index in [1.54, 1.807) is 10.4 Å². The number of rotatable bonds is 5. The van der Waals surface area contributed by atoms with E-state index in [1.807, 2.05) is 12.1 Å². The van der Waals surface area contributed by atoms with Crippen molar-refractivity contribution in [1.82, 2.24) is 9.62 Å². The summed E-state index contributed by atoms with van der Waals surface area (Å²) in [6, 6.07) is 6.22. The van der Waals surface area contributed by atoms with Crippen LogP contribution < -0.4 is 5.32 Å². The fourth-order valence-electron chi connectivity index (χ4n) is 2.66. The molecular weight excluding hydrogens is 352 g/mol. The number of hydrogen-bond donors (Lipinski definition) is 1. The first-order chi connectivity index (χ1) is 10.1. The monoisotopic (exact) mass is 372 g/mol. The zero-order chi connectivity index (χ0) is 14.9. The molecular formula is C15H21BrN2O2S. The van der Waals surface area contributed by atoms with Crippen molar-refractivity contribution in [2.75, 3.05) is 13.1 Å². The predicted octanol–water partition coefficient (Wildman–Crippen LogP) is 2.88. The van der Waals surface area contributed by atoms with Crippen LogP contribution >= 0.6 is 15.9 Å². The second-order valence-electron chi connectivity index (χ2n) is 5.88. The second kappa shape index (κ2) is 6.36. The Morgan fingerprint density at radius 1 is 1.19 bits per heavy atom. The molecule has 4 nitrogen and oxygen atoms in total. The molecule has 1 heterocycles. The van der Waals surface area contributed by atoms with Gasteiger partial charge in [0.1, 0.15) is 0 Å². The predicted molar refractivity (Wildman–Crippen MR) is 86.6 cm³/mol. The van der Waals surface area contributed by atoms with Crippen LogP contribution in [0.3, 0.4) is 0 Å². The maximum atomic E-state index is 12.7. The lowest BCUT2D eigenvalue weighted by molar-refractivity contribution is 0.346. The van der Waals surface area contributed by atoms with Gasteiger partial charge in [0, 0.05) is 30.1 Å². The van der Waals surface area contributed by atoms with Crippen LogP contribution in [0.2, 0.25) is 0 Å². The number of sulfonamides is 1. The van der Waals surface area contributed by atoms with Gasteiger partial charge in [-0.1, -0.05) is 12.5 Å². The summed E-state index contributed by atoms with van der Waals surface area (Å²) in [6.07, 6.45) is 5.55. The quantitative estimate of drug-likeness (QED) is 0.864. The summed E-state index contributed by atoms with van der Waals surface area (Å²) in [5.41, 5.74) is 1.12. The van der Waals surface area contributed by atoms with Gasteiger partial charge in [0.2, 0.25) is 10.0 Å². The summed E-state index contributed by atoms with van der Waals surface area (Å²) in [5, 5.41) is 3.44. The van der Waals surface area contributed by atoms with Crippen molar-refractivity contribution in [1.29, 1.82) is 0 Å². The number of nitrogens with zero attached hydrogens (tertiary/aromatic N) is 1. The molecule has 1 aromatic rings. The first-order valence-corrected chi connectivity index (χ1v) is 9.82. The van der Waals surface area contributed by atoms with Gasteiger partial charge in [-0.3, -0.25) is 0 Å². The minimum Gasteiger partial charge on any atom is -0.310 e. The molecule has 1 aliphatic carbocycles. The van der Waals surface area contributed by atoms with E-state index < -0.39 is 10.0 Å². The van der Waals surface area contributed by atoms with Crippen molar-refractivity contribution in [3.63, 3.8) is 0 Å². The minimum absolute atomic E-state index is 0.388. The molecule has 1 saturated heterocycles. The van der Waals surface area contributed by atoms with Gasteiger partial charge in [0.05, 0.1) is 4.90 Å². The maximum absolute atomic E-state index is 12.7. The average molecular weight is 373 g/mol. The van der Waals surface area contributed by atoms with Crippen LogP contribution in [0.5, 0.6) is 0 Å². The summed E-state index contributed by atoms with van der Waals surface area (Å²) in [5.74, 6) is 0. The maximum Gasteiger partial charge on any atom is 0.244 e. The topological polar surface area (TPSA) is 49.4 Å². The molecule has 0 amide bonds. The van der Waals surface area contributed by atoms with Crippen LogP contribution in [0.4, 0.5) is 0 Å². The van der Waals surface area contributed by atoms with Crippen LogP contribution in [0.15, 0.2) is 27.6 Å². The van der Waals surface area contributed by atoms with E-state index in [4.69, 9.17) is 0 Å². The van der Waals surface area contributed by atoms with E-state index >= 15 is 0 Å². The molecule has 1 aliphatic heterocycles. The third kappa shape index (κ3) is 3.67. The van der Waals surface area contributed by atoms with Crippen molar-refractivity contribution in [3.8, 4) is 0 Å². The van der Waals surface area contributed by atoms with E-state index in [1.165, 1.54) is 12.8 Å². The molecule has 2 fully saturated rings. The normalized spacial score (nSPS) is 20.6. The number of nitrogens with one attached hydrogen (secondary N) is 1. The molecule has 0 spiro atoms. The molecule has 0 bridgehead atoms. The van der Waals surface area contributed by atoms with Crippen molar-refractivity contribution in [2.24, 2.45) is 0 Å². The molecule has 3 rings (SSSR count). The molecule has 0 unspecified atom stereocenters. The highest BCUT2D eigenvalue weighted by molar-refractivity contribution is 9.10. The minimum atomic E-state index is -3.36. The van der Waals surface area contributed by atoms with Crippen LogP contribution in [-0.4, -0.2) is 31.9 Å². The molecule has 1 aromatic carbocycles. The van der Waals surface area contributed by atoms with Gasteiger partial charge in [-0.2, -0.15) is 4.31 Å². The first kappa shape index (κ1) is 15.5. The smallest absolute Gasteiger partial charge is 0.244 e. The SMILES string of the molecule is O=S(=O)(c1ccc(CNC2CC2)cc1Br)N1CCCCC1. The fraction of sp³-hybridized carbons (Fsp3) is 0.600. The number of benzene rings is 1. The molecule has 116 valence electrons. The van der Waals surface area contributed by atoms with Crippen LogP contribution in [0, 0.1) is 0 Å². The lowest BCUT2D eigenvalue weighted by Crippen LogP contribution is -2.35. The second-order valence-corrected chi connectivity index (χ2v) is 8.65. The third-order valence-corrected chi connectivity index (χ3v) is 6.98. The Balaban J connectivity index is 1.77. The van der Waals surface area contributed by atoms with Crippen molar-refractivity contribution >= 4 is 26.0 Å². The lowest BCUT2D eigenvalue weighted by atomic mass is 10.2. The van der Waals surface area contributed by atoms with Crippen LogP contribution in [0.1, 0.15) is 37.7 Å². The molecule has 1 N–H and O–H groups in total. The van der Waals surface area contributed by atoms with Gasteiger partial charge in [0.15, 0.2) is 0 Å². The van der Waals surface area contributed by atoms with Crippen LogP contribution in [0.25, 0.3) is 0 Å². The van der Waals surface area contributed by atoms with Gasteiger partial charge in [-0.15, -0.1) is 0 Å². The van der Waals surface area contributed by atoms with E-state index in [2.05, 4.69) is 21.2 Å². The summed E-state index contributed by atoms with van der Waals surface area (Å²) < 4.78 is 27.6. The van der Waals surface area contributed by atoms with E-state index in [0.29, 0.717) is 28.5 Å². The lowest BCUT2D eigenvalue weighted by Gasteiger charge is -2.26. The first-order valence-electron chi connectivity index (χ1n) is 7.59. The molecule has 6 heteroatoms. The fourth-order valence-corrected chi connectivity index (χ4v) is 5.26. The summed E-state index contributed by atoms with van der Waals surface area (Å²) in [4.78, 5) is 0.388. The van der Waals surface area contributed by atoms with Crippen molar-refractivity contribution in [3.05, 3.63) is 28.2 Å². The summed E-state index contributed by atoms with van der Waals surface area (Å²) >= 11 is 3.44. The Bertz CT molecular complexity index is 608. The highest BCUT2D eigenvalue weighted by atomic mass is 79.9. The molecule has 2 aliphatic rings. The molecule has 1 saturated carbocycles. The van der Waals surface area contributed by atoms with Crippen molar-refractivity contribution < 1.29 is 8.42 Å². The zero-order valence-corrected chi connectivity index (χ0v) is 14.4. The van der Waals surface area contributed by atoms with Gasteiger partial charge in [-0.05, 0) is 59.3 Å². The highest BCUT2D eigenvalue weighted by Gasteiger charge is 2.28. The Labute approximate surface area is 135 Å². The van der Waals surface area contributed by atoms with Gasteiger partial charge >= 0.3 is 0 Å². The Kier molecular flexibility index (Phi) is 4.69. The Hall–Kier alpha value is -0.430. The Morgan fingerprint density at radius 2 is 1.90 bits per heavy atom. The summed E-state index contributed by atoms with van der Waals surface area (Å²) in [6.45, 7) is 2.08. The van der Waals surface area contributed by atoms with Gasteiger partial charge < -0.3 is 5.32 Å². The summed E-state index contributed by atoms with van der Waals surface area (Å²) in [7, 11) is -3.36. The average Bonchev–Trinajstić information content (AvgIpc) is 3.30. The Morgan fingerprint density at radius 3 is 2.52 bits per heavy atom. The molecule has 0 atom stereocenters. The van der Waals surface area contributed by atoms with E-state index in [0.717, 1.165) is 31.4 Å². The van der Waals surface area contributed by atoms with E-state index in [-0.39, 0.29) is 0 Å². The molecule has 0 radical (unpaired) electrons. The molecule has 21 heavy (non-hydrogen) atoms.